The summed E-state index contributed by atoms with van der Waals surface area (Å²) in [4.78, 5) is 18.8. The lowest BCUT2D eigenvalue weighted by molar-refractivity contribution is 0.150. The first-order valence-electron chi connectivity index (χ1n) is 9.14. The molecule has 8 heteroatoms. The van der Waals surface area contributed by atoms with Gasteiger partial charge in [0.15, 0.2) is 0 Å². The summed E-state index contributed by atoms with van der Waals surface area (Å²) in [6.45, 7) is 6.14. The summed E-state index contributed by atoms with van der Waals surface area (Å²) >= 11 is 7.86. The summed E-state index contributed by atoms with van der Waals surface area (Å²) in [5.41, 5.74) is 0.867. The normalized spacial score (nSPS) is 18.4. The number of nitrogens with zero attached hydrogens (tertiary/aromatic N) is 5. The summed E-state index contributed by atoms with van der Waals surface area (Å²) < 4.78 is 3.40. The van der Waals surface area contributed by atoms with E-state index in [1.54, 1.807) is 21.0 Å². The minimum Gasteiger partial charge on any atom is -0.304 e. The van der Waals surface area contributed by atoms with Crippen molar-refractivity contribution < 1.29 is 0 Å². The molecular weight excluding hydrogens is 370 g/mol. The minimum absolute atomic E-state index is 0.0375. The van der Waals surface area contributed by atoms with Gasteiger partial charge in [0, 0.05) is 61.4 Å². The molecule has 0 saturated carbocycles. The number of benzene rings is 1. The van der Waals surface area contributed by atoms with Gasteiger partial charge in [-0.1, -0.05) is 11.6 Å². The number of rotatable bonds is 4. The van der Waals surface area contributed by atoms with Gasteiger partial charge < -0.3 is 9.80 Å². The summed E-state index contributed by atoms with van der Waals surface area (Å²) in [5.74, 6) is 1.76. The molecule has 1 saturated heterocycles. The molecule has 1 fully saturated rings. The highest BCUT2D eigenvalue weighted by Crippen LogP contribution is 2.31. The maximum atomic E-state index is 12.9. The highest BCUT2D eigenvalue weighted by Gasteiger charge is 2.21. The van der Waals surface area contributed by atoms with E-state index in [0.717, 1.165) is 67.7 Å². The molecule has 0 N–H and O–H groups in total. The molecule has 26 heavy (non-hydrogen) atoms. The van der Waals surface area contributed by atoms with E-state index >= 15 is 0 Å². The molecule has 3 heterocycles. The number of hydrogen-bond donors (Lipinski definition) is 0. The fraction of sp³-hybridized carbons (Fsp3) is 0.556. The standard InChI is InChI=1S/C18H24ClN5OS/c1-21-8-10-22(11-9-21)6-2-7-23-18(25)24-15-4-3-14(19)13-16(15)26-12-5-17(24)20-23/h3-4,13H,2,5-12H2,1H3. The van der Waals surface area contributed by atoms with Gasteiger partial charge in [-0.05, 0) is 31.7 Å². The van der Waals surface area contributed by atoms with Gasteiger partial charge in [-0.15, -0.1) is 11.8 Å². The molecule has 0 unspecified atom stereocenters. The SMILES string of the molecule is CN1CCN(CCCn2nc3n(c2=O)-c2ccc(Cl)cc2SCC3)CC1. The van der Waals surface area contributed by atoms with Crippen LogP contribution in [-0.2, 0) is 13.0 Å². The lowest BCUT2D eigenvalue weighted by atomic mass is 10.3. The van der Waals surface area contributed by atoms with Crippen molar-refractivity contribution >= 4 is 23.4 Å². The Hall–Kier alpha value is -1.28. The van der Waals surface area contributed by atoms with Crippen LogP contribution in [-0.4, -0.2) is 69.7 Å². The van der Waals surface area contributed by atoms with Crippen LogP contribution in [0.2, 0.25) is 5.02 Å². The smallest absolute Gasteiger partial charge is 0.304 e. The molecule has 0 spiro atoms. The van der Waals surface area contributed by atoms with Crippen molar-refractivity contribution in [1.82, 2.24) is 24.1 Å². The number of hydrogen-bond acceptors (Lipinski definition) is 5. The average molecular weight is 394 g/mol. The molecule has 2 aliphatic rings. The van der Waals surface area contributed by atoms with E-state index in [1.807, 2.05) is 18.2 Å². The van der Waals surface area contributed by atoms with Crippen LogP contribution in [0.4, 0.5) is 0 Å². The Morgan fingerprint density at radius 1 is 1.19 bits per heavy atom. The van der Waals surface area contributed by atoms with Crippen molar-refractivity contribution in [3.63, 3.8) is 0 Å². The molecule has 0 aliphatic carbocycles. The maximum Gasteiger partial charge on any atom is 0.350 e. The Balaban J connectivity index is 1.49. The number of halogens is 1. The lowest BCUT2D eigenvalue weighted by Gasteiger charge is -2.32. The zero-order valence-electron chi connectivity index (χ0n) is 15.0. The summed E-state index contributed by atoms with van der Waals surface area (Å²) in [6.07, 6.45) is 1.74. The van der Waals surface area contributed by atoms with Gasteiger partial charge >= 0.3 is 5.69 Å². The van der Waals surface area contributed by atoms with Crippen molar-refractivity contribution in [1.29, 1.82) is 0 Å². The molecule has 0 amide bonds. The van der Waals surface area contributed by atoms with Gasteiger partial charge in [-0.2, -0.15) is 5.10 Å². The van der Waals surface area contributed by atoms with Crippen LogP contribution in [0.15, 0.2) is 27.9 Å². The average Bonchev–Trinajstić information content (AvgIpc) is 2.82. The molecule has 1 aromatic heterocycles. The molecule has 6 nitrogen and oxygen atoms in total. The molecule has 140 valence electrons. The van der Waals surface area contributed by atoms with Crippen LogP contribution in [0.25, 0.3) is 5.69 Å². The second kappa shape index (κ2) is 7.76. The first kappa shape index (κ1) is 18.1. The van der Waals surface area contributed by atoms with Gasteiger partial charge in [0.25, 0.3) is 0 Å². The number of thioether (sulfide) groups is 1. The van der Waals surface area contributed by atoms with Gasteiger partial charge in [-0.3, -0.25) is 0 Å². The van der Waals surface area contributed by atoms with Crippen molar-refractivity contribution in [2.24, 2.45) is 0 Å². The van der Waals surface area contributed by atoms with Crippen LogP contribution in [0.3, 0.4) is 0 Å². The Kier molecular flexibility index (Phi) is 5.40. The first-order valence-corrected chi connectivity index (χ1v) is 10.5. The number of piperazine rings is 1. The van der Waals surface area contributed by atoms with Gasteiger partial charge in [0.05, 0.1) is 5.69 Å². The Morgan fingerprint density at radius 2 is 2.00 bits per heavy atom. The maximum absolute atomic E-state index is 12.9. The molecule has 2 aromatic rings. The summed E-state index contributed by atoms with van der Waals surface area (Å²) in [7, 11) is 2.17. The second-order valence-corrected chi connectivity index (χ2v) is 8.54. The zero-order valence-corrected chi connectivity index (χ0v) is 16.6. The van der Waals surface area contributed by atoms with Crippen molar-refractivity contribution in [2.75, 3.05) is 45.5 Å². The van der Waals surface area contributed by atoms with Crippen LogP contribution < -0.4 is 5.69 Å². The van der Waals surface area contributed by atoms with Crippen molar-refractivity contribution in [3.05, 3.63) is 39.5 Å². The van der Waals surface area contributed by atoms with Crippen molar-refractivity contribution in [2.45, 2.75) is 24.3 Å². The van der Waals surface area contributed by atoms with Crippen molar-refractivity contribution in [3.8, 4) is 5.69 Å². The Morgan fingerprint density at radius 3 is 2.81 bits per heavy atom. The molecule has 0 radical (unpaired) electrons. The fourth-order valence-corrected chi connectivity index (χ4v) is 4.82. The molecule has 2 aliphatic heterocycles. The molecule has 0 bridgehead atoms. The Labute approximate surface area is 162 Å². The third-order valence-corrected chi connectivity index (χ3v) is 6.37. The molecular formula is C18H24ClN5OS. The fourth-order valence-electron chi connectivity index (χ4n) is 3.56. The van der Waals surface area contributed by atoms with E-state index in [4.69, 9.17) is 11.6 Å². The lowest BCUT2D eigenvalue weighted by Crippen LogP contribution is -2.44. The van der Waals surface area contributed by atoms with E-state index in [1.165, 1.54) is 0 Å². The zero-order chi connectivity index (χ0) is 18.1. The Bertz CT molecular complexity index is 841. The van der Waals surface area contributed by atoms with Crippen LogP contribution >= 0.6 is 23.4 Å². The highest BCUT2D eigenvalue weighted by molar-refractivity contribution is 7.99. The predicted octanol–water partition coefficient (Wildman–Crippen LogP) is 1.97. The minimum atomic E-state index is -0.0375. The number of aryl methyl sites for hydroxylation is 2. The van der Waals surface area contributed by atoms with Gasteiger partial charge in [0.2, 0.25) is 0 Å². The first-order chi connectivity index (χ1) is 12.6. The summed E-state index contributed by atoms with van der Waals surface area (Å²) in [6, 6.07) is 5.71. The van der Waals surface area contributed by atoms with Gasteiger partial charge in [0.1, 0.15) is 5.82 Å². The topological polar surface area (TPSA) is 46.3 Å². The quantitative estimate of drug-likeness (QED) is 0.794. The summed E-state index contributed by atoms with van der Waals surface area (Å²) in [5, 5.41) is 5.32. The van der Waals surface area contributed by atoms with E-state index in [0.29, 0.717) is 11.6 Å². The van der Waals surface area contributed by atoms with Crippen LogP contribution in [0, 0.1) is 0 Å². The van der Waals surface area contributed by atoms with E-state index < -0.39 is 0 Å². The predicted molar refractivity (Wildman–Crippen MR) is 106 cm³/mol. The van der Waals surface area contributed by atoms with Crippen LogP contribution in [0.1, 0.15) is 12.2 Å². The van der Waals surface area contributed by atoms with Gasteiger partial charge in [-0.25, -0.2) is 14.0 Å². The van der Waals surface area contributed by atoms with E-state index in [-0.39, 0.29) is 5.69 Å². The molecule has 0 atom stereocenters. The molecule has 1 aromatic carbocycles. The number of likely N-dealkylation sites (N-methyl/N-ethyl adjacent to an activating group) is 1. The number of aromatic nitrogens is 3. The van der Waals surface area contributed by atoms with Crippen LogP contribution in [0.5, 0.6) is 0 Å². The third-order valence-electron chi connectivity index (χ3n) is 5.09. The highest BCUT2D eigenvalue weighted by atomic mass is 35.5. The molecule has 4 rings (SSSR count). The third kappa shape index (κ3) is 3.71. The number of fused-ring (bicyclic) bond motifs is 3. The van der Waals surface area contributed by atoms with E-state index in [9.17, 15) is 4.79 Å². The second-order valence-electron chi connectivity index (χ2n) is 6.97. The van der Waals surface area contributed by atoms with E-state index in [2.05, 4.69) is 21.9 Å². The largest absolute Gasteiger partial charge is 0.350 e. The monoisotopic (exact) mass is 393 g/mol.